The zero-order valence-electron chi connectivity index (χ0n) is 14.8. The molecule has 2 aromatic carbocycles. The van der Waals surface area contributed by atoms with E-state index in [-0.39, 0.29) is 17.9 Å². The highest BCUT2D eigenvalue weighted by molar-refractivity contribution is 6.03. The number of amides is 1. The Labute approximate surface area is 154 Å². The maximum atomic E-state index is 12.3. The number of ether oxygens (including phenoxy) is 2. The van der Waals surface area contributed by atoms with E-state index in [0.717, 1.165) is 0 Å². The van der Waals surface area contributed by atoms with Gasteiger partial charge >= 0.3 is 5.63 Å². The summed E-state index contributed by atoms with van der Waals surface area (Å²) in [5.41, 5.74) is -0.183. The average molecular weight is 367 g/mol. The summed E-state index contributed by atoms with van der Waals surface area (Å²) >= 11 is 0. The van der Waals surface area contributed by atoms with Gasteiger partial charge in [0, 0.05) is 10.9 Å². The lowest BCUT2D eigenvalue weighted by atomic mass is 10.1. The molecule has 1 N–H and O–H groups in total. The largest absolute Gasteiger partial charge is 0.493 e. The van der Waals surface area contributed by atoms with E-state index in [4.69, 9.17) is 13.9 Å². The lowest BCUT2D eigenvalue weighted by molar-refractivity contribution is 0.0901. The van der Waals surface area contributed by atoms with Gasteiger partial charge in [-0.05, 0) is 30.3 Å². The number of hydrogen-bond donors (Lipinski definition) is 1. The molecule has 0 aliphatic carbocycles. The molecule has 7 nitrogen and oxygen atoms in total. The molecule has 0 aliphatic rings. The van der Waals surface area contributed by atoms with Gasteiger partial charge in [-0.2, -0.15) is 0 Å². The first-order valence-corrected chi connectivity index (χ1v) is 8.10. The third-order valence-electron chi connectivity index (χ3n) is 4.00. The van der Waals surface area contributed by atoms with Crippen molar-refractivity contribution in [3.63, 3.8) is 0 Å². The van der Waals surface area contributed by atoms with Gasteiger partial charge in [-0.25, -0.2) is 4.79 Å². The number of methoxy groups -OCH3 is 2. The molecule has 0 unspecified atom stereocenters. The minimum atomic E-state index is -0.759. The molecule has 0 fully saturated rings. The fourth-order valence-electron chi connectivity index (χ4n) is 2.59. The van der Waals surface area contributed by atoms with Gasteiger partial charge in [0.25, 0.3) is 5.91 Å². The molecule has 3 aromatic rings. The van der Waals surface area contributed by atoms with E-state index in [9.17, 15) is 14.4 Å². The monoisotopic (exact) mass is 367 g/mol. The Kier molecular flexibility index (Phi) is 5.21. The molecule has 7 heteroatoms. The van der Waals surface area contributed by atoms with Crippen molar-refractivity contribution in [2.24, 2.45) is 0 Å². The fourth-order valence-corrected chi connectivity index (χ4v) is 2.59. The summed E-state index contributed by atoms with van der Waals surface area (Å²) < 4.78 is 15.4. The minimum absolute atomic E-state index is 0.159. The number of hydrogen-bond acceptors (Lipinski definition) is 6. The predicted octanol–water partition coefficient (Wildman–Crippen LogP) is 2.42. The molecule has 3 rings (SSSR count). The Balaban J connectivity index is 1.75. The van der Waals surface area contributed by atoms with Crippen molar-refractivity contribution in [1.29, 1.82) is 0 Å². The lowest BCUT2D eigenvalue weighted by Gasteiger charge is -2.09. The van der Waals surface area contributed by atoms with Gasteiger partial charge in [-0.1, -0.05) is 18.2 Å². The predicted molar refractivity (Wildman–Crippen MR) is 98.7 cm³/mol. The normalized spacial score (nSPS) is 10.4. The van der Waals surface area contributed by atoms with Crippen LogP contribution in [0.15, 0.2) is 57.7 Å². The molecular weight excluding hydrogens is 350 g/mol. The first-order valence-electron chi connectivity index (χ1n) is 8.10. The number of carbonyl (C=O) groups is 2. The molecular formula is C20H17NO6. The smallest absolute Gasteiger partial charge is 0.349 e. The second-order valence-electron chi connectivity index (χ2n) is 5.66. The van der Waals surface area contributed by atoms with Crippen LogP contribution in [-0.2, 0) is 0 Å². The molecule has 0 radical (unpaired) electrons. The zero-order valence-corrected chi connectivity index (χ0v) is 14.8. The van der Waals surface area contributed by atoms with Gasteiger partial charge in [-0.3, -0.25) is 9.59 Å². The number of ketones is 1. The summed E-state index contributed by atoms with van der Waals surface area (Å²) in [6, 6.07) is 13.0. The van der Waals surface area contributed by atoms with Crippen LogP contribution in [0.5, 0.6) is 11.5 Å². The van der Waals surface area contributed by atoms with Crippen molar-refractivity contribution in [3.8, 4) is 11.5 Å². The van der Waals surface area contributed by atoms with E-state index in [0.29, 0.717) is 28.0 Å². The molecule has 27 heavy (non-hydrogen) atoms. The van der Waals surface area contributed by atoms with Gasteiger partial charge < -0.3 is 19.2 Å². The molecule has 1 amide bonds. The van der Waals surface area contributed by atoms with Crippen LogP contribution in [0, 0.1) is 0 Å². The summed E-state index contributed by atoms with van der Waals surface area (Å²) in [6.45, 7) is -0.277. The molecule has 0 saturated heterocycles. The summed E-state index contributed by atoms with van der Waals surface area (Å²) in [7, 11) is 2.96. The highest BCUT2D eigenvalue weighted by Crippen LogP contribution is 2.27. The zero-order chi connectivity index (χ0) is 19.4. The average Bonchev–Trinajstić information content (AvgIpc) is 2.70. The second-order valence-corrected chi connectivity index (χ2v) is 5.66. The van der Waals surface area contributed by atoms with Crippen molar-refractivity contribution in [3.05, 3.63) is 70.1 Å². The van der Waals surface area contributed by atoms with Crippen LogP contribution in [-0.4, -0.2) is 32.5 Å². The third kappa shape index (κ3) is 3.82. The Morgan fingerprint density at radius 1 is 1.00 bits per heavy atom. The summed E-state index contributed by atoms with van der Waals surface area (Å²) in [4.78, 5) is 36.6. The number of nitrogens with one attached hydrogen (secondary N) is 1. The maximum Gasteiger partial charge on any atom is 0.349 e. The lowest BCUT2D eigenvalue weighted by Crippen LogP contribution is -2.32. The van der Waals surface area contributed by atoms with E-state index in [1.807, 2.05) is 0 Å². The minimum Gasteiger partial charge on any atom is -0.493 e. The van der Waals surface area contributed by atoms with Crippen LogP contribution in [0.1, 0.15) is 20.7 Å². The Hall–Kier alpha value is -3.61. The molecule has 0 atom stereocenters. The van der Waals surface area contributed by atoms with Gasteiger partial charge in [0.05, 0.1) is 20.8 Å². The van der Waals surface area contributed by atoms with Crippen LogP contribution in [0.3, 0.4) is 0 Å². The van der Waals surface area contributed by atoms with E-state index in [2.05, 4.69) is 5.32 Å². The van der Waals surface area contributed by atoms with E-state index < -0.39 is 11.5 Å². The number of benzene rings is 2. The van der Waals surface area contributed by atoms with E-state index in [1.54, 1.807) is 36.4 Å². The SMILES string of the molecule is COc1ccc(C(=O)CNC(=O)c2cc3ccccc3oc2=O)cc1OC. The molecule has 138 valence electrons. The number of fused-ring (bicyclic) bond motifs is 1. The summed E-state index contributed by atoms with van der Waals surface area (Å²) in [5, 5.41) is 3.07. The number of rotatable bonds is 6. The second kappa shape index (κ2) is 7.74. The summed E-state index contributed by atoms with van der Waals surface area (Å²) in [6.07, 6.45) is 0. The Morgan fingerprint density at radius 3 is 2.48 bits per heavy atom. The van der Waals surface area contributed by atoms with Gasteiger partial charge in [-0.15, -0.1) is 0 Å². The standard InChI is InChI=1S/C20H17NO6/c1-25-17-8-7-12(10-18(17)26-2)15(22)11-21-19(23)14-9-13-5-3-4-6-16(13)27-20(14)24/h3-10H,11H2,1-2H3,(H,21,23). The molecule has 0 spiro atoms. The highest BCUT2D eigenvalue weighted by atomic mass is 16.5. The highest BCUT2D eigenvalue weighted by Gasteiger charge is 2.16. The molecule has 1 heterocycles. The van der Waals surface area contributed by atoms with Crippen molar-refractivity contribution in [2.75, 3.05) is 20.8 Å². The van der Waals surface area contributed by atoms with Crippen molar-refractivity contribution in [1.82, 2.24) is 5.32 Å². The molecule has 0 aliphatic heterocycles. The van der Waals surface area contributed by atoms with Crippen molar-refractivity contribution >= 4 is 22.7 Å². The first-order chi connectivity index (χ1) is 13.0. The first kappa shape index (κ1) is 18.2. The topological polar surface area (TPSA) is 94.8 Å². The summed E-state index contributed by atoms with van der Waals surface area (Å²) in [5.74, 6) is -0.116. The van der Waals surface area contributed by atoms with Crippen LogP contribution in [0.4, 0.5) is 0 Å². The quantitative estimate of drug-likeness (QED) is 0.531. The molecule has 1 aromatic heterocycles. The number of para-hydroxylation sites is 1. The van der Waals surface area contributed by atoms with E-state index in [1.165, 1.54) is 26.4 Å². The van der Waals surface area contributed by atoms with Crippen molar-refractivity contribution < 1.29 is 23.5 Å². The Bertz CT molecular complexity index is 1070. The van der Waals surface area contributed by atoms with Crippen molar-refractivity contribution in [2.45, 2.75) is 0 Å². The maximum absolute atomic E-state index is 12.3. The van der Waals surface area contributed by atoms with E-state index >= 15 is 0 Å². The number of Topliss-reactive ketones (excluding diaryl/α,β-unsaturated/α-hetero) is 1. The van der Waals surface area contributed by atoms with Crippen LogP contribution < -0.4 is 20.4 Å². The van der Waals surface area contributed by atoms with Crippen LogP contribution in [0.25, 0.3) is 11.0 Å². The fraction of sp³-hybridized carbons (Fsp3) is 0.150. The van der Waals surface area contributed by atoms with Gasteiger partial charge in [0.15, 0.2) is 17.3 Å². The third-order valence-corrected chi connectivity index (χ3v) is 4.00. The van der Waals surface area contributed by atoms with Crippen LogP contribution >= 0.6 is 0 Å². The van der Waals surface area contributed by atoms with Gasteiger partial charge in [0.1, 0.15) is 11.1 Å². The Morgan fingerprint density at radius 2 is 1.74 bits per heavy atom. The molecule has 0 saturated carbocycles. The van der Waals surface area contributed by atoms with Crippen LogP contribution in [0.2, 0.25) is 0 Å². The number of carbonyl (C=O) groups excluding carboxylic acids is 2. The molecule has 0 bridgehead atoms. The van der Waals surface area contributed by atoms with Gasteiger partial charge in [0.2, 0.25) is 0 Å².